The number of fused-ring (bicyclic) bond motifs is 1. The van der Waals surface area contributed by atoms with Crippen molar-refractivity contribution in [3.8, 4) is 5.75 Å². The number of aryl methyl sites for hydroxylation is 1. The van der Waals surface area contributed by atoms with Crippen LogP contribution in [0.5, 0.6) is 5.75 Å². The van der Waals surface area contributed by atoms with Gasteiger partial charge in [-0.3, -0.25) is 0 Å². The molecule has 0 amide bonds. The molecule has 2 aromatic rings. The molecule has 0 atom stereocenters. The zero-order valence-corrected chi connectivity index (χ0v) is 22.4. The summed E-state index contributed by atoms with van der Waals surface area (Å²) in [6.07, 6.45) is 16.5. The van der Waals surface area contributed by atoms with E-state index in [1.807, 2.05) is 12.1 Å². The molecule has 168 valence electrons. The Bertz CT molecular complexity index is 880. The molecule has 0 spiro atoms. The molecule has 31 heavy (non-hydrogen) atoms. The van der Waals surface area contributed by atoms with Gasteiger partial charge < -0.3 is 9.29 Å². The normalized spacial score (nSPS) is 11.5. The van der Waals surface area contributed by atoms with Crippen LogP contribution < -0.4 is 34.3 Å². The average Bonchev–Trinajstić information content (AvgIpc) is 2.73. The fourth-order valence-corrected chi connectivity index (χ4v) is 4.86. The number of ether oxygens (including phenoxy) is 1. The molecular weight excluding hydrogens is 419 g/mol. The molecule has 0 aliphatic carbocycles. The van der Waals surface area contributed by atoms with Gasteiger partial charge in [0, 0.05) is 5.39 Å². The quantitative estimate of drug-likeness (QED) is 0.231. The number of rotatable bonds is 15. The van der Waals surface area contributed by atoms with Gasteiger partial charge in [-0.2, -0.15) is 0 Å². The molecule has 0 bridgehead atoms. The molecule has 6 heteroatoms. The Kier molecular flexibility index (Phi) is 14.0. The van der Waals surface area contributed by atoms with Gasteiger partial charge >= 0.3 is 29.6 Å². The van der Waals surface area contributed by atoms with E-state index in [0.29, 0.717) is 11.1 Å². The molecule has 0 radical (unpaired) electrons. The van der Waals surface area contributed by atoms with Gasteiger partial charge in [0.15, 0.2) is 0 Å². The van der Waals surface area contributed by atoms with Crippen LogP contribution in [0.3, 0.4) is 0 Å². The molecule has 2 aromatic carbocycles. The number of hydrogen-bond acceptors (Lipinski definition) is 4. The smallest absolute Gasteiger partial charge is 0.744 e. The van der Waals surface area contributed by atoms with Crippen molar-refractivity contribution in [2.24, 2.45) is 0 Å². The van der Waals surface area contributed by atoms with Gasteiger partial charge in [0.1, 0.15) is 15.9 Å². The first-order valence-electron chi connectivity index (χ1n) is 11.5. The number of hydrogen-bond donors (Lipinski definition) is 0. The van der Waals surface area contributed by atoms with Gasteiger partial charge in [-0.25, -0.2) is 8.42 Å². The Morgan fingerprint density at radius 1 is 0.806 bits per heavy atom. The summed E-state index contributed by atoms with van der Waals surface area (Å²) in [7, 11) is -3.06. The molecule has 0 aromatic heterocycles. The summed E-state index contributed by atoms with van der Waals surface area (Å²) in [6.45, 7) is 2.26. The fourth-order valence-electron chi connectivity index (χ4n) is 4.16. The summed E-state index contributed by atoms with van der Waals surface area (Å²) >= 11 is 0. The second kappa shape index (κ2) is 15.3. The Labute approximate surface area is 211 Å². The van der Waals surface area contributed by atoms with E-state index in [2.05, 4.69) is 6.92 Å². The SMILES string of the molecule is CCCCCCCCCCCCCCc1ccc(OC)c2c(S(=O)(=O)[O-])cccc12.[Na+]. The molecule has 0 fully saturated rings. The topological polar surface area (TPSA) is 66.4 Å². The maximum absolute atomic E-state index is 11.7. The van der Waals surface area contributed by atoms with E-state index in [4.69, 9.17) is 4.74 Å². The first-order chi connectivity index (χ1) is 14.5. The largest absolute Gasteiger partial charge is 1.00 e. The van der Waals surface area contributed by atoms with E-state index >= 15 is 0 Å². The molecule has 4 nitrogen and oxygen atoms in total. The first-order valence-corrected chi connectivity index (χ1v) is 12.9. The fraction of sp³-hybridized carbons (Fsp3) is 0.600. The third-order valence-electron chi connectivity index (χ3n) is 5.84. The predicted octanol–water partition coefficient (Wildman–Crippen LogP) is 4.00. The van der Waals surface area contributed by atoms with E-state index in [9.17, 15) is 13.0 Å². The van der Waals surface area contributed by atoms with Crippen molar-refractivity contribution in [1.29, 1.82) is 0 Å². The Balaban J connectivity index is 0.00000480. The van der Waals surface area contributed by atoms with Crippen molar-refractivity contribution in [3.05, 3.63) is 35.9 Å². The van der Waals surface area contributed by atoms with E-state index in [1.54, 1.807) is 12.1 Å². The molecule has 0 N–H and O–H groups in total. The van der Waals surface area contributed by atoms with Crippen LogP contribution in [0.4, 0.5) is 0 Å². The molecule has 0 heterocycles. The van der Waals surface area contributed by atoms with Crippen LogP contribution >= 0.6 is 0 Å². The second-order valence-electron chi connectivity index (χ2n) is 8.20. The summed E-state index contributed by atoms with van der Waals surface area (Å²) in [6, 6.07) is 8.63. The predicted molar refractivity (Wildman–Crippen MR) is 123 cm³/mol. The minimum atomic E-state index is -4.56. The zero-order valence-electron chi connectivity index (χ0n) is 19.6. The molecule has 0 saturated heterocycles. The van der Waals surface area contributed by atoms with Crippen LogP contribution in [-0.4, -0.2) is 20.1 Å². The van der Waals surface area contributed by atoms with Crippen LogP contribution in [0.15, 0.2) is 35.2 Å². The van der Waals surface area contributed by atoms with Crippen LogP contribution in [0.2, 0.25) is 0 Å². The van der Waals surface area contributed by atoms with Gasteiger partial charge in [-0.15, -0.1) is 0 Å². The maximum Gasteiger partial charge on any atom is 1.00 e. The summed E-state index contributed by atoms with van der Waals surface area (Å²) in [5.41, 5.74) is 1.07. The minimum Gasteiger partial charge on any atom is -0.744 e. The van der Waals surface area contributed by atoms with E-state index in [0.717, 1.165) is 23.8 Å². The van der Waals surface area contributed by atoms with Gasteiger partial charge in [0.25, 0.3) is 0 Å². The van der Waals surface area contributed by atoms with Crippen molar-refractivity contribution in [1.82, 2.24) is 0 Å². The Morgan fingerprint density at radius 3 is 1.87 bits per heavy atom. The third-order valence-corrected chi connectivity index (χ3v) is 6.72. The number of methoxy groups -OCH3 is 1. The molecule has 0 saturated carbocycles. The second-order valence-corrected chi connectivity index (χ2v) is 9.55. The summed E-state index contributed by atoms with van der Waals surface area (Å²) in [5.74, 6) is 0.429. The van der Waals surface area contributed by atoms with Gasteiger partial charge in [0.05, 0.1) is 12.0 Å². The first kappa shape index (κ1) is 28.4. The van der Waals surface area contributed by atoms with Crippen LogP contribution in [0, 0.1) is 0 Å². The van der Waals surface area contributed by atoms with Gasteiger partial charge in [-0.1, -0.05) is 95.8 Å². The number of benzene rings is 2. The maximum atomic E-state index is 11.7. The van der Waals surface area contributed by atoms with Crippen molar-refractivity contribution in [2.45, 2.75) is 95.3 Å². The van der Waals surface area contributed by atoms with E-state index in [-0.39, 0.29) is 34.5 Å². The standard InChI is InChI=1S/C25H38O4S.Na/c1-3-4-5-6-7-8-9-10-11-12-13-14-16-21-19-20-23(29-2)25-22(21)17-15-18-24(25)30(26,27)28;/h15,17-20H,3-14,16H2,1-2H3,(H,26,27,28);/q;+1/p-1. The molecule has 0 aliphatic rings. The van der Waals surface area contributed by atoms with Crippen molar-refractivity contribution in [3.63, 3.8) is 0 Å². The third kappa shape index (κ3) is 9.43. The molecular formula is C25H37NaO4S. The number of unbranched alkanes of at least 4 members (excludes halogenated alkanes) is 11. The zero-order chi connectivity index (χ0) is 21.8. The van der Waals surface area contributed by atoms with Crippen molar-refractivity contribution < 1.29 is 47.3 Å². The molecule has 0 aliphatic heterocycles. The average molecular weight is 457 g/mol. The van der Waals surface area contributed by atoms with Crippen LogP contribution in [0.1, 0.15) is 89.5 Å². The minimum absolute atomic E-state index is 0. The van der Waals surface area contributed by atoms with Crippen molar-refractivity contribution in [2.75, 3.05) is 7.11 Å². The monoisotopic (exact) mass is 456 g/mol. The summed E-state index contributed by atoms with van der Waals surface area (Å²) in [4.78, 5) is -0.201. The summed E-state index contributed by atoms with van der Waals surface area (Å²) < 4.78 is 40.4. The van der Waals surface area contributed by atoms with Crippen LogP contribution in [-0.2, 0) is 16.5 Å². The van der Waals surface area contributed by atoms with Gasteiger partial charge in [0.2, 0.25) is 0 Å². The van der Waals surface area contributed by atoms with Gasteiger partial charge in [-0.05, 0) is 35.9 Å². The van der Waals surface area contributed by atoms with E-state index in [1.165, 1.54) is 83.8 Å². The van der Waals surface area contributed by atoms with E-state index < -0.39 is 10.1 Å². The van der Waals surface area contributed by atoms with Crippen LogP contribution in [0.25, 0.3) is 10.8 Å². The Morgan fingerprint density at radius 2 is 1.35 bits per heavy atom. The molecule has 0 unspecified atom stereocenters. The Hall–Kier alpha value is -0.590. The van der Waals surface area contributed by atoms with Crippen molar-refractivity contribution >= 4 is 20.9 Å². The molecule has 2 rings (SSSR count). The summed E-state index contributed by atoms with van der Waals surface area (Å²) in [5, 5.41) is 1.21.